The second-order valence-corrected chi connectivity index (χ2v) is 8.90. The Bertz CT molecular complexity index is 1170. The highest BCUT2D eigenvalue weighted by Crippen LogP contribution is 2.36. The summed E-state index contributed by atoms with van der Waals surface area (Å²) < 4.78 is 40.2. The van der Waals surface area contributed by atoms with E-state index in [-0.39, 0.29) is 17.2 Å². The van der Waals surface area contributed by atoms with Crippen LogP contribution < -0.4 is 0 Å². The van der Waals surface area contributed by atoms with Crippen LogP contribution in [-0.4, -0.2) is 30.2 Å². The standard InChI is InChI=1S/C21H16ClFN2O3S/c22-17-8-6-15(7-9-17)20-21(26,16-4-2-1-3-5-16)14-25(24-20)29(27,28)19-12-10-18(23)11-13-19/h1-13,26H,14H2. The highest BCUT2D eigenvalue weighted by atomic mass is 35.5. The molecular weight excluding hydrogens is 415 g/mol. The number of sulfonamides is 1. The zero-order valence-corrected chi connectivity index (χ0v) is 16.6. The molecule has 0 saturated carbocycles. The van der Waals surface area contributed by atoms with E-state index in [2.05, 4.69) is 5.10 Å². The number of halogens is 2. The zero-order chi connectivity index (χ0) is 20.6. The monoisotopic (exact) mass is 430 g/mol. The van der Waals surface area contributed by atoms with Gasteiger partial charge in [0.05, 0.1) is 11.4 Å². The molecule has 1 aliphatic rings. The van der Waals surface area contributed by atoms with Gasteiger partial charge in [-0.15, -0.1) is 0 Å². The van der Waals surface area contributed by atoms with Crippen molar-refractivity contribution in [2.24, 2.45) is 5.10 Å². The van der Waals surface area contributed by atoms with Crippen LogP contribution in [0.3, 0.4) is 0 Å². The van der Waals surface area contributed by atoms with Gasteiger partial charge in [0.15, 0.2) is 5.60 Å². The van der Waals surface area contributed by atoms with Crippen LogP contribution in [0.25, 0.3) is 0 Å². The molecule has 4 rings (SSSR count). The van der Waals surface area contributed by atoms with Crippen LogP contribution in [0.15, 0.2) is 88.9 Å². The summed E-state index contributed by atoms with van der Waals surface area (Å²) >= 11 is 5.96. The van der Waals surface area contributed by atoms with Crippen LogP contribution >= 0.6 is 11.6 Å². The highest BCUT2D eigenvalue weighted by Gasteiger charge is 2.47. The van der Waals surface area contributed by atoms with Crippen molar-refractivity contribution in [1.29, 1.82) is 0 Å². The summed E-state index contributed by atoms with van der Waals surface area (Å²) in [6.07, 6.45) is 0. The summed E-state index contributed by atoms with van der Waals surface area (Å²) in [6, 6.07) is 19.8. The second kappa shape index (κ2) is 7.26. The lowest BCUT2D eigenvalue weighted by atomic mass is 9.86. The van der Waals surface area contributed by atoms with E-state index in [1.807, 2.05) is 0 Å². The van der Waals surface area contributed by atoms with Crippen molar-refractivity contribution in [3.63, 3.8) is 0 Å². The van der Waals surface area contributed by atoms with Crippen LogP contribution in [0.5, 0.6) is 0 Å². The summed E-state index contributed by atoms with van der Waals surface area (Å²) in [4.78, 5) is -0.115. The number of β-amino-alcohol motifs (C(OH)–C–C–N with tert-alkyl or cyclic N) is 1. The molecule has 3 aromatic carbocycles. The minimum Gasteiger partial charge on any atom is -0.377 e. The van der Waals surface area contributed by atoms with E-state index < -0.39 is 21.4 Å². The topological polar surface area (TPSA) is 70.0 Å². The first kappa shape index (κ1) is 19.6. The van der Waals surface area contributed by atoms with Gasteiger partial charge in [-0.05, 0) is 42.0 Å². The Morgan fingerprint density at radius 2 is 1.59 bits per heavy atom. The van der Waals surface area contributed by atoms with E-state index in [0.717, 1.165) is 16.5 Å². The molecule has 0 radical (unpaired) electrons. The van der Waals surface area contributed by atoms with Crippen LogP contribution in [0.1, 0.15) is 11.1 Å². The number of aliphatic hydroxyl groups is 1. The Hall–Kier alpha value is -2.74. The van der Waals surface area contributed by atoms with Crippen molar-refractivity contribution in [3.05, 3.63) is 101 Å². The fourth-order valence-corrected chi connectivity index (χ4v) is 4.61. The molecule has 0 amide bonds. The van der Waals surface area contributed by atoms with Gasteiger partial charge >= 0.3 is 0 Å². The molecular formula is C21H16ClFN2O3S. The van der Waals surface area contributed by atoms with Crippen LogP contribution in [0.2, 0.25) is 5.02 Å². The minimum atomic E-state index is -4.09. The van der Waals surface area contributed by atoms with Gasteiger partial charge in [0, 0.05) is 10.6 Å². The maximum Gasteiger partial charge on any atom is 0.279 e. The van der Waals surface area contributed by atoms with Gasteiger partial charge in [0.1, 0.15) is 11.5 Å². The van der Waals surface area contributed by atoms with Crippen LogP contribution in [-0.2, 0) is 15.6 Å². The molecule has 1 N–H and O–H groups in total. The van der Waals surface area contributed by atoms with E-state index in [1.54, 1.807) is 54.6 Å². The average molecular weight is 431 g/mol. The minimum absolute atomic E-state index is 0.115. The summed E-state index contributed by atoms with van der Waals surface area (Å²) in [5.74, 6) is -0.545. The third-order valence-electron chi connectivity index (χ3n) is 4.73. The van der Waals surface area contributed by atoms with E-state index in [4.69, 9.17) is 11.6 Å². The second-order valence-electron chi connectivity index (χ2n) is 6.62. The first-order valence-electron chi connectivity index (χ1n) is 8.72. The molecule has 1 unspecified atom stereocenters. The smallest absolute Gasteiger partial charge is 0.279 e. The Labute approximate surface area is 172 Å². The van der Waals surface area contributed by atoms with E-state index in [9.17, 15) is 17.9 Å². The Balaban J connectivity index is 1.83. The predicted molar refractivity (Wildman–Crippen MR) is 109 cm³/mol. The molecule has 0 spiro atoms. The molecule has 29 heavy (non-hydrogen) atoms. The zero-order valence-electron chi connectivity index (χ0n) is 15.0. The van der Waals surface area contributed by atoms with Crippen molar-refractivity contribution < 1.29 is 17.9 Å². The molecule has 1 heterocycles. The third kappa shape index (κ3) is 3.53. The number of rotatable bonds is 4. The van der Waals surface area contributed by atoms with Crippen molar-refractivity contribution in [1.82, 2.24) is 4.41 Å². The van der Waals surface area contributed by atoms with Gasteiger partial charge in [0.2, 0.25) is 0 Å². The lowest BCUT2D eigenvalue weighted by Gasteiger charge is -2.25. The summed E-state index contributed by atoms with van der Waals surface area (Å²) in [6.45, 7) is -0.311. The average Bonchev–Trinajstić information content (AvgIpc) is 3.09. The maximum absolute atomic E-state index is 13.2. The number of hydrogen-bond donors (Lipinski definition) is 1. The first-order chi connectivity index (χ1) is 13.8. The number of hydrazone groups is 1. The quantitative estimate of drug-likeness (QED) is 0.684. The lowest BCUT2D eigenvalue weighted by Crippen LogP contribution is -2.40. The molecule has 1 atom stereocenters. The molecule has 1 aliphatic heterocycles. The molecule has 0 aliphatic carbocycles. The first-order valence-corrected chi connectivity index (χ1v) is 10.5. The van der Waals surface area contributed by atoms with Crippen molar-refractivity contribution in [2.75, 3.05) is 6.54 Å². The van der Waals surface area contributed by atoms with Crippen molar-refractivity contribution in [2.45, 2.75) is 10.5 Å². The number of hydrogen-bond acceptors (Lipinski definition) is 4. The number of nitrogens with zero attached hydrogens (tertiary/aromatic N) is 2. The van der Waals surface area contributed by atoms with Gasteiger partial charge in [-0.25, -0.2) is 4.39 Å². The molecule has 5 nitrogen and oxygen atoms in total. The third-order valence-corrected chi connectivity index (χ3v) is 6.61. The largest absolute Gasteiger partial charge is 0.377 e. The highest BCUT2D eigenvalue weighted by molar-refractivity contribution is 7.89. The molecule has 3 aromatic rings. The molecule has 8 heteroatoms. The Morgan fingerprint density at radius 1 is 0.966 bits per heavy atom. The van der Waals surface area contributed by atoms with Gasteiger partial charge in [-0.3, -0.25) is 0 Å². The lowest BCUT2D eigenvalue weighted by molar-refractivity contribution is 0.106. The normalized spacial score (nSPS) is 19.3. The van der Waals surface area contributed by atoms with Crippen LogP contribution in [0, 0.1) is 5.82 Å². The van der Waals surface area contributed by atoms with Crippen molar-refractivity contribution >= 4 is 27.3 Å². The summed E-state index contributed by atoms with van der Waals surface area (Å²) in [5, 5.41) is 16.3. The maximum atomic E-state index is 13.2. The Morgan fingerprint density at radius 3 is 2.21 bits per heavy atom. The van der Waals surface area contributed by atoms with E-state index >= 15 is 0 Å². The fraction of sp³-hybridized carbons (Fsp3) is 0.0952. The fourth-order valence-electron chi connectivity index (χ4n) is 3.21. The molecule has 0 aromatic heterocycles. The molecule has 0 bridgehead atoms. The SMILES string of the molecule is O=S(=O)(c1ccc(F)cc1)N1CC(O)(c2ccccc2)C(c2ccc(Cl)cc2)=N1. The summed E-state index contributed by atoms with van der Waals surface area (Å²) in [5.41, 5.74) is -0.434. The molecule has 148 valence electrons. The van der Waals surface area contributed by atoms with Gasteiger partial charge in [-0.1, -0.05) is 54.1 Å². The van der Waals surface area contributed by atoms with E-state index in [1.165, 1.54) is 12.1 Å². The molecule has 0 saturated heterocycles. The Kier molecular flexibility index (Phi) is 4.90. The predicted octanol–water partition coefficient (Wildman–Crippen LogP) is 3.78. The molecule has 0 fully saturated rings. The van der Waals surface area contributed by atoms with Gasteiger partial charge in [0.25, 0.3) is 10.0 Å². The van der Waals surface area contributed by atoms with E-state index in [0.29, 0.717) is 16.1 Å². The summed E-state index contributed by atoms with van der Waals surface area (Å²) in [7, 11) is -4.09. The van der Waals surface area contributed by atoms with Crippen molar-refractivity contribution in [3.8, 4) is 0 Å². The number of benzene rings is 3. The van der Waals surface area contributed by atoms with Gasteiger partial charge < -0.3 is 5.11 Å². The van der Waals surface area contributed by atoms with Gasteiger partial charge in [-0.2, -0.15) is 17.9 Å². The van der Waals surface area contributed by atoms with Crippen LogP contribution in [0.4, 0.5) is 4.39 Å².